The van der Waals surface area contributed by atoms with Crippen molar-refractivity contribution in [2.24, 2.45) is 5.16 Å². The van der Waals surface area contributed by atoms with Gasteiger partial charge < -0.3 is 19.6 Å². The standard InChI is InChI=1S/C29H28N4O3/c1-3-16-36-31-22-18-27(33(19-22)29(35)20-10-6-5-7-11-20)28(34)30-21-14-15-26-24(17-21)23-12-8-9-13-25(23)32(26)4-2/h3,5-15,17,27H,1,4,16,18-19H2,2H3,(H,30,34)/t27-/m0/s1. The van der Waals surface area contributed by atoms with Crippen LogP contribution in [0.1, 0.15) is 23.7 Å². The summed E-state index contributed by atoms with van der Waals surface area (Å²) in [5, 5.41) is 9.39. The Morgan fingerprint density at radius 1 is 1.06 bits per heavy atom. The van der Waals surface area contributed by atoms with E-state index < -0.39 is 6.04 Å². The molecule has 3 aromatic carbocycles. The van der Waals surface area contributed by atoms with Gasteiger partial charge in [0.2, 0.25) is 5.91 Å². The molecule has 0 spiro atoms. The maximum atomic E-state index is 13.5. The number of carbonyl (C=O) groups excluding carboxylic acids is 2. The van der Waals surface area contributed by atoms with E-state index in [0.717, 1.165) is 28.4 Å². The number of carbonyl (C=O) groups is 2. The molecule has 7 heteroatoms. The summed E-state index contributed by atoms with van der Waals surface area (Å²) in [5.74, 6) is -0.474. The van der Waals surface area contributed by atoms with Crippen LogP contribution in [0.4, 0.5) is 5.69 Å². The Morgan fingerprint density at radius 2 is 1.81 bits per heavy atom. The molecular weight excluding hydrogens is 452 g/mol. The first-order chi connectivity index (χ1) is 17.6. The van der Waals surface area contributed by atoms with E-state index in [2.05, 4.69) is 40.7 Å². The van der Waals surface area contributed by atoms with Gasteiger partial charge in [0.05, 0.1) is 12.3 Å². The van der Waals surface area contributed by atoms with Gasteiger partial charge in [-0.25, -0.2) is 0 Å². The van der Waals surface area contributed by atoms with Crippen LogP contribution in [-0.2, 0) is 16.2 Å². The topological polar surface area (TPSA) is 75.9 Å². The van der Waals surface area contributed by atoms with E-state index in [1.54, 1.807) is 23.1 Å². The van der Waals surface area contributed by atoms with E-state index in [9.17, 15) is 9.59 Å². The Balaban J connectivity index is 1.44. The zero-order valence-corrected chi connectivity index (χ0v) is 20.2. The molecule has 2 amide bonds. The number of anilines is 1. The number of rotatable bonds is 7. The zero-order chi connectivity index (χ0) is 25.1. The van der Waals surface area contributed by atoms with Crippen LogP contribution in [0.15, 0.2) is 90.6 Å². The molecule has 7 nitrogen and oxygen atoms in total. The molecule has 1 fully saturated rings. The quantitative estimate of drug-likeness (QED) is 0.224. The number of benzene rings is 3. The monoisotopic (exact) mass is 480 g/mol. The summed E-state index contributed by atoms with van der Waals surface area (Å²) >= 11 is 0. The predicted molar refractivity (Wildman–Crippen MR) is 143 cm³/mol. The van der Waals surface area contributed by atoms with E-state index >= 15 is 0 Å². The first-order valence-corrected chi connectivity index (χ1v) is 12.1. The fourth-order valence-corrected chi connectivity index (χ4v) is 4.84. The number of nitrogens with zero attached hydrogens (tertiary/aromatic N) is 3. The molecule has 0 radical (unpaired) electrons. The Labute approximate surface area is 209 Å². The lowest BCUT2D eigenvalue weighted by atomic mass is 10.1. The SMILES string of the molecule is C=CCON=C1C[C@@H](C(=O)Nc2ccc3c(c2)c2ccccc2n3CC)N(C(=O)c2ccccc2)C1. The summed E-state index contributed by atoms with van der Waals surface area (Å²) in [6, 6.07) is 22.5. The minimum atomic E-state index is -0.698. The third-order valence-corrected chi connectivity index (χ3v) is 6.48. The summed E-state index contributed by atoms with van der Waals surface area (Å²) in [7, 11) is 0. The minimum Gasteiger partial charge on any atom is -0.392 e. The first kappa shape index (κ1) is 23.4. The average molecular weight is 481 g/mol. The van der Waals surface area contributed by atoms with Crippen molar-refractivity contribution in [1.82, 2.24) is 9.47 Å². The van der Waals surface area contributed by atoms with Crippen LogP contribution >= 0.6 is 0 Å². The summed E-state index contributed by atoms with van der Waals surface area (Å²) < 4.78 is 2.26. The number of amides is 2. The number of para-hydroxylation sites is 1. The summed E-state index contributed by atoms with van der Waals surface area (Å²) in [6.07, 6.45) is 1.90. The molecule has 1 atom stereocenters. The maximum Gasteiger partial charge on any atom is 0.254 e. The van der Waals surface area contributed by atoms with Gasteiger partial charge in [-0.05, 0) is 43.3 Å². The Morgan fingerprint density at radius 3 is 2.58 bits per heavy atom. The normalized spacial score (nSPS) is 16.5. The highest BCUT2D eigenvalue weighted by Gasteiger charge is 2.38. The van der Waals surface area contributed by atoms with Crippen molar-refractivity contribution in [1.29, 1.82) is 0 Å². The minimum absolute atomic E-state index is 0.217. The van der Waals surface area contributed by atoms with E-state index in [0.29, 0.717) is 23.4 Å². The largest absolute Gasteiger partial charge is 0.392 e. The zero-order valence-electron chi connectivity index (χ0n) is 20.2. The van der Waals surface area contributed by atoms with Crippen molar-refractivity contribution >= 4 is 45.0 Å². The summed E-state index contributed by atoms with van der Waals surface area (Å²) in [6.45, 7) is 7.09. The van der Waals surface area contributed by atoms with Crippen LogP contribution in [0, 0.1) is 0 Å². The molecule has 1 saturated heterocycles. The second-order valence-electron chi connectivity index (χ2n) is 8.74. The van der Waals surface area contributed by atoms with E-state index in [1.807, 2.05) is 48.5 Å². The molecular formula is C29H28N4O3. The highest BCUT2D eigenvalue weighted by atomic mass is 16.6. The lowest BCUT2D eigenvalue weighted by Crippen LogP contribution is -2.43. The van der Waals surface area contributed by atoms with Crippen LogP contribution in [0.3, 0.4) is 0 Å². The van der Waals surface area contributed by atoms with E-state index in [1.165, 1.54) is 0 Å². The average Bonchev–Trinajstić information content (AvgIpc) is 3.48. The lowest BCUT2D eigenvalue weighted by molar-refractivity contribution is -0.119. The van der Waals surface area contributed by atoms with E-state index in [-0.39, 0.29) is 25.0 Å². The smallest absolute Gasteiger partial charge is 0.254 e. The van der Waals surface area contributed by atoms with Crippen LogP contribution in [-0.4, -0.2) is 46.2 Å². The lowest BCUT2D eigenvalue weighted by Gasteiger charge is -2.23. The molecule has 1 N–H and O–H groups in total. The number of likely N-dealkylation sites (tertiary alicyclic amines) is 1. The highest BCUT2D eigenvalue weighted by Crippen LogP contribution is 2.31. The van der Waals surface area contributed by atoms with Crippen molar-refractivity contribution in [3.8, 4) is 0 Å². The number of fused-ring (bicyclic) bond motifs is 3. The van der Waals surface area contributed by atoms with Crippen molar-refractivity contribution < 1.29 is 14.4 Å². The van der Waals surface area contributed by atoms with E-state index in [4.69, 9.17) is 4.84 Å². The molecule has 0 saturated carbocycles. The fourth-order valence-electron chi connectivity index (χ4n) is 4.84. The van der Waals surface area contributed by atoms with Crippen LogP contribution in [0.25, 0.3) is 21.8 Å². The number of aryl methyl sites for hydroxylation is 1. The van der Waals surface area contributed by atoms with Gasteiger partial charge in [-0.2, -0.15) is 0 Å². The van der Waals surface area contributed by atoms with Gasteiger partial charge >= 0.3 is 0 Å². The molecule has 1 aliphatic rings. The van der Waals surface area contributed by atoms with Gasteiger partial charge in [-0.3, -0.25) is 9.59 Å². The van der Waals surface area contributed by atoms with Gasteiger partial charge in [0.15, 0.2) is 0 Å². The Kier molecular flexibility index (Phi) is 6.54. The third-order valence-electron chi connectivity index (χ3n) is 6.48. The predicted octanol–water partition coefficient (Wildman–Crippen LogP) is 5.23. The first-order valence-electron chi connectivity index (χ1n) is 12.1. The number of hydrogen-bond acceptors (Lipinski definition) is 4. The second-order valence-corrected chi connectivity index (χ2v) is 8.74. The molecule has 0 bridgehead atoms. The number of nitrogens with one attached hydrogen (secondary N) is 1. The molecule has 182 valence electrons. The number of hydrogen-bond donors (Lipinski definition) is 1. The van der Waals surface area contributed by atoms with Gasteiger partial charge in [0, 0.05) is 46.0 Å². The maximum absolute atomic E-state index is 13.5. The molecule has 4 aromatic rings. The molecule has 2 heterocycles. The Bertz CT molecular complexity index is 1470. The van der Waals surface area contributed by atoms with Gasteiger partial charge in [-0.15, -0.1) is 0 Å². The van der Waals surface area contributed by atoms with Gasteiger partial charge in [-0.1, -0.05) is 54.2 Å². The van der Waals surface area contributed by atoms with Gasteiger partial charge in [0.25, 0.3) is 5.91 Å². The molecule has 36 heavy (non-hydrogen) atoms. The van der Waals surface area contributed by atoms with Crippen molar-refractivity contribution in [2.75, 3.05) is 18.5 Å². The molecule has 0 unspecified atom stereocenters. The second kappa shape index (κ2) is 10.1. The summed E-state index contributed by atoms with van der Waals surface area (Å²) in [5.41, 5.74) is 4.13. The van der Waals surface area contributed by atoms with Crippen molar-refractivity contribution in [3.63, 3.8) is 0 Å². The molecule has 1 aromatic heterocycles. The number of aromatic nitrogens is 1. The molecule has 0 aliphatic carbocycles. The summed E-state index contributed by atoms with van der Waals surface area (Å²) in [4.78, 5) is 33.6. The molecule has 5 rings (SSSR count). The molecule has 1 aliphatic heterocycles. The number of oxime groups is 1. The Hall–Kier alpha value is -4.39. The van der Waals surface area contributed by atoms with Crippen LogP contribution < -0.4 is 5.32 Å². The van der Waals surface area contributed by atoms with Crippen LogP contribution in [0.5, 0.6) is 0 Å². The van der Waals surface area contributed by atoms with Gasteiger partial charge in [0.1, 0.15) is 12.6 Å². The highest BCUT2D eigenvalue weighted by molar-refractivity contribution is 6.11. The van der Waals surface area contributed by atoms with Crippen LogP contribution in [0.2, 0.25) is 0 Å². The van der Waals surface area contributed by atoms with Crippen molar-refractivity contribution in [3.05, 3.63) is 91.0 Å². The van der Waals surface area contributed by atoms with Crippen molar-refractivity contribution in [2.45, 2.75) is 25.9 Å². The third kappa shape index (κ3) is 4.35. The fraction of sp³-hybridized carbons (Fsp3) is 0.207.